The minimum atomic E-state index is -0.878. The first-order chi connectivity index (χ1) is 16.1. The molecular weight excluding hydrogens is 428 g/mol. The maximum Gasteiger partial charge on any atom is 0.338 e. The molecule has 9 heteroatoms. The van der Waals surface area contributed by atoms with Crippen LogP contribution in [0.3, 0.4) is 0 Å². The summed E-state index contributed by atoms with van der Waals surface area (Å²) in [5, 5.41) is 0. The van der Waals surface area contributed by atoms with Crippen molar-refractivity contribution in [3.8, 4) is 0 Å². The predicted octanol–water partition coefficient (Wildman–Crippen LogP) is 1.95. The van der Waals surface area contributed by atoms with E-state index in [0.29, 0.717) is 5.56 Å². The minimum Gasteiger partial charge on any atom is -0.453 e. The number of methoxy groups -OCH3 is 1. The predicted molar refractivity (Wildman–Crippen MR) is 118 cm³/mol. The van der Waals surface area contributed by atoms with Crippen LogP contribution in [0.2, 0.25) is 0 Å². The molecule has 33 heavy (non-hydrogen) atoms. The summed E-state index contributed by atoms with van der Waals surface area (Å²) in [6.07, 6.45) is -1.01. The lowest BCUT2D eigenvalue weighted by Crippen LogP contribution is -2.44. The highest BCUT2D eigenvalue weighted by atomic mass is 16.6. The van der Waals surface area contributed by atoms with Gasteiger partial charge in [0.15, 0.2) is 12.3 Å². The van der Waals surface area contributed by atoms with E-state index in [2.05, 4.69) is 0 Å². The van der Waals surface area contributed by atoms with Crippen molar-refractivity contribution in [2.45, 2.75) is 31.8 Å². The van der Waals surface area contributed by atoms with E-state index in [0.717, 1.165) is 10.1 Å². The Morgan fingerprint density at radius 3 is 2.42 bits per heavy atom. The Balaban J connectivity index is 1.48. The van der Waals surface area contributed by atoms with Crippen LogP contribution in [-0.4, -0.2) is 41.0 Å². The maximum absolute atomic E-state index is 13.0. The van der Waals surface area contributed by atoms with Crippen molar-refractivity contribution < 1.29 is 23.7 Å². The van der Waals surface area contributed by atoms with Gasteiger partial charge in [-0.15, -0.1) is 0 Å². The van der Waals surface area contributed by atoms with Crippen LogP contribution in [-0.2, 0) is 32.3 Å². The highest BCUT2D eigenvalue weighted by Crippen LogP contribution is 2.28. The van der Waals surface area contributed by atoms with Crippen LogP contribution in [0.5, 0.6) is 0 Å². The summed E-state index contributed by atoms with van der Waals surface area (Å²) in [4.78, 5) is 37.8. The van der Waals surface area contributed by atoms with Crippen LogP contribution in [0.15, 0.2) is 82.5 Å². The fourth-order valence-corrected chi connectivity index (χ4v) is 3.63. The molecule has 2 unspecified atom stereocenters. The van der Waals surface area contributed by atoms with E-state index in [1.807, 2.05) is 30.3 Å². The van der Waals surface area contributed by atoms with Gasteiger partial charge < -0.3 is 18.9 Å². The number of hydrogen-bond donors (Lipinski definition) is 0. The van der Waals surface area contributed by atoms with Crippen LogP contribution < -0.4 is 11.2 Å². The zero-order chi connectivity index (χ0) is 23.2. The SMILES string of the molecule is COC1C(OC(=O)c2ccccc2)CO[C@H]1n1ccc(=O)n(COCc2ccccc2)c1=O. The Hall–Kier alpha value is -3.53. The van der Waals surface area contributed by atoms with Crippen molar-refractivity contribution in [3.63, 3.8) is 0 Å². The maximum atomic E-state index is 13.0. The van der Waals surface area contributed by atoms with Gasteiger partial charge >= 0.3 is 11.7 Å². The molecule has 4 rings (SSSR count). The molecule has 0 N–H and O–H groups in total. The fraction of sp³-hybridized carbons (Fsp3) is 0.292. The topological polar surface area (TPSA) is 98.0 Å². The molecule has 1 aromatic heterocycles. The first-order valence-corrected chi connectivity index (χ1v) is 10.4. The molecule has 3 aromatic rings. The zero-order valence-electron chi connectivity index (χ0n) is 18.0. The number of nitrogens with zero attached hydrogens (tertiary/aromatic N) is 2. The standard InChI is InChI=1S/C24H24N2O7/c1-30-21-19(33-23(28)18-10-6-3-7-11-18)15-32-22(21)25-13-12-20(27)26(24(25)29)16-31-14-17-8-4-2-5-9-17/h2-13,19,21-22H,14-16H2,1H3/t19?,21?,22-/m1/s1. The second-order valence-corrected chi connectivity index (χ2v) is 7.47. The number of hydrogen-bond acceptors (Lipinski definition) is 7. The molecule has 0 aliphatic carbocycles. The van der Waals surface area contributed by atoms with Gasteiger partial charge in [-0.2, -0.15) is 0 Å². The quantitative estimate of drug-likeness (QED) is 0.482. The molecular formula is C24H24N2O7. The first-order valence-electron chi connectivity index (χ1n) is 10.4. The Morgan fingerprint density at radius 1 is 1.03 bits per heavy atom. The summed E-state index contributed by atoms with van der Waals surface area (Å²) in [5.41, 5.74) is 0.210. The van der Waals surface area contributed by atoms with Crippen LogP contribution in [0.25, 0.3) is 0 Å². The average molecular weight is 452 g/mol. The molecule has 0 saturated carbocycles. The van der Waals surface area contributed by atoms with E-state index in [4.69, 9.17) is 18.9 Å². The highest BCUT2D eigenvalue weighted by Gasteiger charge is 2.42. The lowest BCUT2D eigenvalue weighted by molar-refractivity contribution is -0.0524. The van der Waals surface area contributed by atoms with Crippen molar-refractivity contribution in [3.05, 3.63) is 105 Å². The van der Waals surface area contributed by atoms with Gasteiger partial charge in [0.05, 0.1) is 18.8 Å². The van der Waals surface area contributed by atoms with Crippen molar-refractivity contribution >= 4 is 5.97 Å². The minimum absolute atomic E-state index is 0.0395. The summed E-state index contributed by atoms with van der Waals surface area (Å²) in [7, 11) is 1.44. The van der Waals surface area contributed by atoms with Crippen molar-refractivity contribution in [1.82, 2.24) is 9.13 Å². The summed E-state index contributed by atoms with van der Waals surface area (Å²) in [6.45, 7) is 0.0712. The van der Waals surface area contributed by atoms with Crippen LogP contribution in [0.1, 0.15) is 22.1 Å². The lowest BCUT2D eigenvalue weighted by Gasteiger charge is -2.23. The number of carbonyl (C=O) groups excluding carboxylic acids is 1. The van der Waals surface area contributed by atoms with Gasteiger partial charge in [0.1, 0.15) is 12.8 Å². The van der Waals surface area contributed by atoms with Crippen LogP contribution >= 0.6 is 0 Å². The van der Waals surface area contributed by atoms with Gasteiger partial charge in [0, 0.05) is 19.4 Å². The Bertz CT molecular complexity index is 1190. The van der Waals surface area contributed by atoms with Crippen LogP contribution in [0.4, 0.5) is 0 Å². The van der Waals surface area contributed by atoms with Crippen molar-refractivity contribution in [2.75, 3.05) is 13.7 Å². The van der Waals surface area contributed by atoms with Gasteiger partial charge in [0.2, 0.25) is 0 Å². The molecule has 9 nitrogen and oxygen atoms in total. The van der Waals surface area contributed by atoms with E-state index >= 15 is 0 Å². The third kappa shape index (κ3) is 5.11. The number of benzene rings is 2. The Kier molecular flexibility index (Phi) is 7.13. The molecule has 1 aliphatic heterocycles. The molecule has 172 valence electrons. The first kappa shape index (κ1) is 22.7. The summed E-state index contributed by atoms with van der Waals surface area (Å²) < 4.78 is 24.6. The monoisotopic (exact) mass is 452 g/mol. The van der Waals surface area contributed by atoms with E-state index in [1.165, 1.54) is 23.9 Å². The van der Waals surface area contributed by atoms with Gasteiger partial charge in [-0.3, -0.25) is 9.36 Å². The van der Waals surface area contributed by atoms with Crippen molar-refractivity contribution in [2.24, 2.45) is 0 Å². The van der Waals surface area contributed by atoms with Crippen molar-refractivity contribution in [1.29, 1.82) is 0 Å². The van der Waals surface area contributed by atoms with Gasteiger partial charge in [0.25, 0.3) is 5.56 Å². The molecule has 0 bridgehead atoms. The lowest BCUT2D eigenvalue weighted by atomic mass is 10.2. The zero-order valence-corrected chi connectivity index (χ0v) is 18.0. The molecule has 2 aromatic carbocycles. The average Bonchev–Trinajstić information content (AvgIpc) is 3.24. The summed E-state index contributed by atoms with van der Waals surface area (Å²) in [6, 6.07) is 19.2. The normalized spacial score (nSPS) is 20.0. The van der Waals surface area contributed by atoms with E-state index in [1.54, 1.807) is 30.3 Å². The molecule has 3 atom stereocenters. The molecule has 0 radical (unpaired) electrons. The number of aromatic nitrogens is 2. The van der Waals surface area contributed by atoms with Gasteiger partial charge in [-0.25, -0.2) is 14.2 Å². The highest BCUT2D eigenvalue weighted by molar-refractivity contribution is 5.89. The van der Waals surface area contributed by atoms with E-state index < -0.39 is 35.7 Å². The molecule has 1 aliphatic rings. The molecule has 2 heterocycles. The van der Waals surface area contributed by atoms with Gasteiger partial charge in [-0.1, -0.05) is 48.5 Å². The van der Waals surface area contributed by atoms with Crippen LogP contribution in [0, 0.1) is 0 Å². The number of rotatable bonds is 8. The Morgan fingerprint density at radius 2 is 1.73 bits per heavy atom. The number of carbonyl (C=O) groups is 1. The third-order valence-corrected chi connectivity index (χ3v) is 5.32. The largest absolute Gasteiger partial charge is 0.453 e. The second kappa shape index (κ2) is 10.4. The fourth-order valence-electron chi connectivity index (χ4n) is 3.63. The van der Waals surface area contributed by atoms with E-state index in [-0.39, 0.29) is 19.9 Å². The molecule has 1 saturated heterocycles. The summed E-state index contributed by atoms with van der Waals surface area (Å²) in [5.74, 6) is -0.515. The number of esters is 1. The Labute approximate surface area is 189 Å². The third-order valence-electron chi connectivity index (χ3n) is 5.32. The molecule has 0 spiro atoms. The second-order valence-electron chi connectivity index (χ2n) is 7.47. The van der Waals surface area contributed by atoms with Gasteiger partial charge in [-0.05, 0) is 17.7 Å². The van der Waals surface area contributed by atoms with E-state index in [9.17, 15) is 14.4 Å². The number of ether oxygens (including phenoxy) is 4. The molecule has 1 fully saturated rings. The smallest absolute Gasteiger partial charge is 0.338 e. The summed E-state index contributed by atoms with van der Waals surface area (Å²) >= 11 is 0. The molecule has 0 amide bonds.